The monoisotopic (exact) mass is 382 g/mol. The van der Waals surface area contributed by atoms with Crippen LogP contribution in [0.1, 0.15) is 48.0 Å². The molecule has 2 atom stereocenters. The highest BCUT2D eigenvalue weighted by molar-refractivity contribution is 6.84. The van der Waals surface area contributed by atoms with E-state index in [2.05, 4.69) is 44.9 Å². The average Bonchev–Trinajstić information content (AvgIpc) is 2.48. The number of ether oxygens (including phenoxy) is 1. The molecule has 0 rings (SSSR count). The number of amides is 1. The summed E-state index contributed by atoms with van der Waals surface area (Å²) in [6.07, 6.45) is 6.50. The normalized spacial score (nSPS) is 15.9. The van der Waals surface area contributed by atoms with Gasteiger partial charge in [0.1, 0.15) is 11.9 Å². The standard InChI is InChI=1S/C20H38N2O3Si/c1-16(11-14-26(7,8)19(2,3)4)17(15-23)22-18(24)25-20(5,6)12-9-10-13-21/h9-11,14-17H,12-13,21H2,1-8H3,(H,22,24)/b10-9+,14-11+/t16-,17+/m0/s1. The lowest BCUT2D eigenvalue weighted by Gasteiger charge is -2.34. The van der Waals surface area contributed by atoms with Crippen LogP contribution < -0.4 is 11.1 Å². The first-order valence-electron chi connectivity index (χ1n) is 9.25. The highest BCUT2D eigenvalue weighted by atomic mass is 28.3. The summed E-state index contributed by atoms with van der Waals surface area (Å²) < 4.78 is 5.45. The third kappa shape index (κ3) is 8.81. The van der Waals surface area contributed by atoms with Crippen LogP contribution in [0.5, 0.6) is 0 Å². The van der Waals surface area contributed by atoms with Crippen molar-refractivity contribution in [3.8, 4) is 0 Å². The van der Waals surface area contributed by atoms with Gasteiger partial charge in [-0.2, -0.15) is 0 Å². The van der Waals surface area contributed by atoms with Crippen LogP contribution in [0.15, 0.2) is 23.9 Å². The van der Waals surface area contributed by atoms with Crippen LogP contribution in [-0.2, 0) is 9.53 Å². The van der Waals surface area contributed by atoms with Crippen molar-refractivity contribution in [2.75, 3.05) is 6.54 Å². The van der Waals surface area contributed by atoms with E-state index >= 15 is 0 Å². The summed E-state index contributed by atoms with van der Waals surface area (Å²) in [5.74, 6) is -0.102. The Morgan fingerprint density at radius 3 is 2.23 bits per heavy atom. The number of nitrogens with one attached hydrogen (secondary N) is 1. The number of carbonyl (C=O) groups is 2. The Morgan fingerprint density at radius 2 is 1.77 bits per heavy atom. The van der Waals surface area contributed by atoms with E-state index in [0.29, 0.717) is 13.0 Å². The first-order valence-corrected chi connectivity index (χ1v) is 12.3. The molecule has 6 heteroatoms. The van der Waals surface area contributed by atoms with Gasteiger partial charge in [0.2, 0.25) is 0 Å². The molecule has 0 radical (unpaired) electrons. The Kier molecular flexibility index (Phi) is 9.52. The summed E-state index contributed by atoms with van der Waals surface area (Å²) in [6, 6.07) is -0.612. The predicted molar refractivity (Wildman–Crippen MR) is 112 cm³/mol. The first kappa shape index (κ1) is 24.6. The van der Waals surface area contributed by atoms with Crippen LogP contribution in [0, 0.1) is 5.92 Å². The maximum Gasteiger partial charge on any atom is 0.408 e. The molecule has 1 amide bonds. The molecular formula is C20H38N2O3Si. The Morgan fingerprint density at radius 1 is 1.19 bits per heavy atom. The zero-order valence-corrected chi connectivity index (χ0v) is 18.8. The summed E-state index contributed by atoms with van der Waals surface area (Å²) in [6.45, 7) is 17.3. The van der Waals surface area contributed by atoms with Gasteiger partial charge in [-0.05, 0) is 18.9 Å². The molecule has 0 saturated carbocycles. The molecule has 5 nitrogen and oxygen atoms in total. The van der Waals surface area contributed by atoms with E-state index in [4.69, 9.17) is 10.5 Å². The van der Waals surface area contributed by atoms with Gasteiger partial charge in [0.15, 0.2) is 0 Å². The third-order valence-electron chi connectivity index (χ3n) is 5.03. The second kappa shape index (κ2) is 10.1. The van der Waals surface area contributed by atoms with Gasteiger partial charge in [-0.1, -0.05) is 64.7 Å². The van der Waals surface area contributed by atoms with Gasteiger partial charge in [-0.15, -0.1) is 0 Å². The largest absolute Gasteiger partial charge is 0.443 e. The van der Waals surface area contributed by atoms with Crippen molar-refractivity contribution in [1.82, 2.24) is 5.32 Å². The third-order valence-corrected chi connectivity index (χ3v) is 9.92. The smallest absolute Gasteiger partial charge is 0.408 e. The molecule has 0 spiro atoms. The fourth-order valence-corrected chi connectivity index (χ4v) is 3.26. The molecule has 26 heavy (non-hydrogen) atoms. The van der Waals surface area contributed by atoms with Gasteiger partial charge < -0.3 is 20.6 Å². The van der Waals surface area contributed by atoms with Gasteiger partial charge in [-0.25, -0.2) is 4.79 Å². The molecule has 0 heterocycles. The Labute approximate surface area is 160 Å². The summed E-state index contributed by atoms with van der Waals surface area (Å²) in [5, 5.41) is 2.90. The summed E-state index contributed by atoms with van der Waals surface area (Å²) in [7, 11) is -1.58. The number of nitrogens with two attached hydrogens (primary N) is 1. The minimum atomic E-state index is -1.58. The van der Waals surface area contributed by atoms with E-state index in [1.165, 1.54) is 0 Å². The second-order valence-corrected chi connectivity index (χ2v) is 14.3. The van der Waals surface area contributed by atoms with E-state index in [9.17, 15) is 9.59 Å². The lowest BCUT2D eigenvalue weighted by molar-refractivity contribution is -0.110. The first-order chi connectivity index (χ1) is 11.8. The van der Waals surface area contributed by atoms with Crippen molar-refractivity contribution in [1.29, 1.82) is 0 Å². The van der Waals surface area contributed by atoms with Gasteiger partial charge >= 0.3 is 6.09 Å². The van der Waals surface area contributed by atoms with Gasteiger partial charge in [0.05, 0.1) is 14.1 Å². The van der Waals surface area contributed by atoms with E-state index in [0.717, 1.165) is 6.29 Å². The van der Waals surface area contributed by atoms with Crippen LogP contribution in [0.4, 0.5) is 4.79 Å². The number of hydrogen-bond donors (Lipinski definition) is 2. The number of aldehydes is 1. The fourth-order valence-electron chi connectivity index (χ4n) is 1.97. The van der Waals surface area contributed by atoms with Crippen molar-refractivity contribution in [2.45, 2.75) is 77.7 Å². The van der Waals surface area contributed by atoms with Crippen molar-refractivity contribution in [3.63, 3.8) is 0 Å². The Balaban J connectivity index is 4.86. The van der Waals surface area contributed by atoms with Crippen molar-refractivity contribution in [3.05, 3.63) is 23.9 Å². The summed E-state index contributed by atoms with van der Waals surface area (Å²) >= 11 is 0. The maximum absolute atomic E-state index is 12.2. The van der Waals surface area contributed by atoms with Gasteiger partial charge in [0, 0.05) is 18.9 Å². The molecule has 0 aromatic carbocycles. The maximum atomic E-state index is 12.2. The van der Waals surface area contributed by atoms with Gasteiger partial charge in [-0.3, -0.25) is 0 Å². The van der Waals surface area contributed by atoms with Crippen LogP contribution in [0.3, 0.4) is 0 Å². The summed E-state index contributed by atoms with van der Waals surface area (Å²) in [5.41, 5.74) is 7.00. The minimum Gasteiger partial charge on any atom is -0.443 e. The van der Waals surface area contributed by atoms with Crippen molar-refractivity contribution >= 4 is 20.5 Å². The number of hydrogen-bond acceptors (Lipinski definition) is 4. The SMILES string of the molecule is C[C@@H](/C=C/[Si](C)(C)C(C)(C)C)[C@@H](C=O)NC(=O)OC(C)(C)C/C=C/CN. The molecule has 0 aliphatic carbocycles. The molecule has 0 unspecified atom stereocenters. The van der Waals surface area contributed by atoms with Gasteiger partial charge in [0.25, 0.3) is 0 Å². The molecule has 0 aromatic rings. The Bertz CT molecular complexity index is 520. The zero-order chi connectivity index (χ0) is 20.6. The van der Waals surface area contributed by atoms with Crippen LogP contribution >= 0.6 is 0 Å². The highest BCUT2D eigenvalue weighted by Crippen LogP contribution is 2.36. The van der Waals surface area contributed by atoms with Crippen molar-refractivity contribution in [2.24, 2.45) is 11.7 Å². The molecule has 0 fully saturated rings. The lowest BCUT2D eigenvalue weighted by atomic mass is 10.0. The molecule has 0 aliphatic heterocycles. The van der Waals surface area contributed by atoms with Crippen LogP contribution in [0.2, 0.25) is 18.1 Å². The lowest BCUT2D eigenvalue weighted by Crippen LogP contribution is -2.43. The Hall–Kier alpha value is -1.40. The molecule has 0 bridgehead atoms. The molecular weight excluding hydrogens is 344 g/mol. The fraction of sp³-hybridized carbons (Fsp3) is 0.700. The number of carbonyl (C=O) groups excluding carboxylic acids is 2. The average molecular weight is 383 g/mol. The van der Waals surface area contributed by atoms with Crippen molar-refractivity contribution < 1.29 is 14.3 Å². The predicted octanol–water partition coefficient (Wildman–Crippen LogP) is 4.20. The molecule has 150 valence electrons. The van der Waals surface area contributed by atoms with Crippen LogP contribution in [0.25, 0.3) is 0 Å². The number of alkyl carbamates (subject to hydrolysis) is 1. The van der Waals surface area contributed by atoms with E-state index in [1.807, 2.05) is 39.0 Å². The minimum absolute atomic E-state index is 0.102. The molecule has 0 aliphatic rings. The van der Waals surface area contributed by atoms with E-state index < -0.39 is 25.8 Å². The zero-order valence-electron chi connectivity index (χ0n) is 17.8. The second-order valence-electron chi connectivity index (χ2n) is 9.06. The molecule has 0 saturated heterocycles. The molecule has 3 N–H and O–H groups in total. The van der Waals surface area contributed by atoms with E-state index in [1.54, 1.807) is 0 Å². The topological polar surface area (TPSA) is 81.4 Å². The highest BCUT2D eigenvalue weighted by Gasteiger charge is 2.33. The number of rotatable bonds is 9. The summed E-state index contributed by atoms with van der Waals surface area (Å²) in [4.78, 5) is 23.6. The van der Waals surface area contributed by atoms with E-state index in [-0.39, 0.29) is 11.0 Å². The quantitative estimate of drug-likeness (QED) is 0.356. The molecule has 0 aromatic heterocycles. The van der Waals surface area contributed by atoms with Crippen LogP contribution in [-0.4, -0.2) is 38.6 Å².